The van der Waals surface area contributed by atoms with Gasteiger partial charge in [-0.05, 0) is 19.1 Å². The Hall–Kier alpha value is -3.13. The van der Waals surface area contributed by atoms with Gasteiger partial charge in [-0.1, -0.05) is 54.2 Å². The van der Waals surface area contributed by atoms with Crippen molar-refractivity contribution in [2.45, 2.75) is 12.1 Å². The van der Waals surface area contributed by atoms with Gasteiger partial charge in [0.25, 0.3) is 0 Å². The first-order chi connectivity index (χ1) is 12.5. The molecule has 132 valence electrons. The van der Waals surface area contributed by atoms with Crippen LogP contribution in [-0.2, 0) is 4.79 Å². The van der Waals surface area contributed by atoms with Crippen LogP contribution >= 0.6 is 11.8 Å². The van der Waals surface area contributed by atoms with E-state index in [1.54, 1.807) is 24.3 Å². The molecule has 26 heavy (non-hydrogen) atoms. The van der Waals surface area contributed by atoms with E-state index in [1.165, 1.54) is 23.4 Å². The van der Waals surface area contributed by atoms with Crippen molar-refractivity contribution in [1.82, 2.24) is 14.9 Å². The fourth-order valence-corrected chi connectivity index (χ4v) is 2.96. The van der Waals surface area contributed by atoms with Crippen molar-refractivity contribution < 1.29 is 9.59 Å². The van der Waals surface area contributed by atoms with E-state index in [4.69, 9.17) is 5.84 Å². The Labute approximate surface area is 154 Å². The minimum absolute atomic E-state index is 0.0554. The van der Waals surface area contributed by atoms with Gasteiger partial charge in [0.1, 0.15) is 0 Å². The van der Waals surface area contributed by atoms with Crippen LogP contribution in [0.15, 0.2) is 59.8 Å². The van der Waals surface area contributed by atoms with Crippen LogP contribution in [0.2, 0.25) is 0 Å². The molecule has 2 aromatic carbocycles. The molecule has 7 nitrogen and oxygen atoms in total. The lowest BCUT2D eigenvalue weighted by Gasteiger charge is -2.06. The largest absolute Gasteiger partial charge is 0.335 e. The topological polar surface area (TPSA) is 103 Å². The molecule has 3 N–H and O–H groups in total. The lowest BCUT2D eigenvalue weighted by atomic mass is 10.1. The third-order valence-electron chi connectivity index (χ3n) is 3.58. The lowest BCUT2D eigenvalue weighted by molar-refractivity contribution is -0.113. The molecule has 8 heteroatoms. The Bertz CT molecular complexity index is 940. The second-order valence-corrected chi connectivity index (χ2v) is 6.46. The van der Waals surface area contributed by atoms with E-state index < -0.39 is 0 Å². The highest BCUT2D eigenvalue weighted by Gasteiger charge is 2.13. The Morgan fingerprint density at radius 2 is 1.88 bits per heavy atom. The Kier molecular flexibility index (Phi) is 5.33. The molecular formula is C18H17N5O2S. The van der Waals surface area contributed by atoms with Gasteiger partial charge in [0.2, 0.25) is 11.1 Å². The molecular weight excluding hydrogens is 350 g/mol. The maximum Gasteiger partial charge on any atom is 0.234 e. The van der Waals surface area contributed by atoms with Crippen molar-refractivity contribution in [1.29, 1.82) is 0 Å². The van der Waals surface area contributed by atoms with Crippen LogP contribution in [0.1, 0.15) is 17.3 Å². The molecule has 0 aliphatic heterocycles. The number of rotatable bonds is 6. The minimum atomic E-state index is -0.222. The summed E-state index contributed by atoms with van der Waals surface area (Å²) in [5, 5.41) is 11.3. The molecule has 0 unspecified atom stereocenters. The molecule has 0 radical (unpaired) electrons. The number of carbonyl (C=O) groups excluding carboxylic acids is 2. The molecule has 0 atom stereocenters. The van der Waals surface area contributed by atoms with Gasteiger partial charge in [0, 0.05) is 16.8 Å². The first-order valence-electron chi connectivity index (χ1n) is 7.84. The van der Waals surface area contributed by atoms with E-state index in [2.05, 4.69) is 15.5 Å². The van der Waals surface area contributed by atoms with Gasteiger partial charge in [0.05, 0.1) is 5.75 Å². The number of nitrogens with two attached hydrogens (primary N) is 1. The van der Waals surface area contributed by atoms with E-state index in [-0.39, 0.29) is 17.4 Å². The van der Waals surface area contributed by atoms with E-state index in [0.29, 0.717) is 22.2 Å². The Morgan fingerprint density at radius 1 is 1.12 bits per heavy atom. The van der Waals surface area contributed by atoms with Gasteiger partial charge in [-0.15, -0.1) is 10.2 Å². The van der Waals surface area contributed by atoms with Crippen molar-refractivity contribution in [3.63, 3.8) is 0 Å². The smallest absolute Gasteiger partial charge is 0.234 e. The summed E-state index contributed by atoms with van der Waals surface area (Å²) in [5.74, 6) is 6.40. The molecule has 0 aliphatic rings. The van der Waals surface area contributed by atoms with Crippen LogP contribution in [-0.4, -0.2) is 32.3 Å². The summed E-state index contributed by atoms with van der Waals surface area (Å²) in [6.07, 6.45) is 0. The fraction of sp³-hybridized carbons (Fsp3) is 0.111. The molecule has 1 aromatic heterocycles. The predicted molar refractivity (Wildman–Crippen MR) is 101 cm³/mol. The quantitative estimate of drug-likeness (QED) is 0.394. The summed E-state index contributed by atoms with van der Waals surface area (Å²) in [6, 6.07) is 16.3. The maximum atomic E-state index is 12.1. The van der Waals surface area contributed by atoms with E-state index in [9.17, 15) is 9.59 Å². The summed E-state index contributed by atoms with van der Waals surface area (Å²) in [7, 11) is 0. The van der Waals surface area contributed by atoms with Crippen LogP contribution in [0.4, 0.5) is 5.69 Å². The number of ketones is 1. The molecule has 3 aromatic rings. The number of nitrogens with zero attached hydrogens (tertiary/aromatic N) is 3. The zero-order valence-corrected chi connectivity index (χ0v) is 14.9. The van der Waals surface area contributed by atoms with Crippen molar-refractivity contribution in [2.75, 3.05) is 16.9 Å². The third kappa shape index (κ3) is 4.09. The third-order valence-corrected chi connectivity index (χ3v) is 4.52. The van der Waals surface area contributed by atoms with Crippen molar-refractivity contribution in [3.8, 4) is 11.4 Å². The number of nitrogens with one attached hydrogen (secondary N) is 1. The molecule has 0 aliphatic carbocycles. The number of Topliss-reactive ketones (excluding diaryl/α,β-unsaturated/α-hetero) is 1. The number of thioether (sulfide) groups is 1. The van der Waals surface area contributed by atoms with Crippen LogP contribution in [0.5, 0.6) is 0 Å². The minimum Gasteiger partial charge on any atom is -0.335 e. The molecule has 0 spiro atoms. The van der Waals surface area contributed by atoms with Crippen LogP contribution in [0.25, 0.3) is 11.4 Å². The molecule has 3 rings (SSSR count). The summed E-state index contributed by atoms with van der Waals surface area (Å²) >= 11 is 1.19. The summed E-state index contributed by atoms with van der Waals surface area (Å²) in [4.78, 5) is 23.5. The van der Waals surface area contributed by atoms with Gasteiger partial charge in [-0.3, -0.25) is 9.59 Å². The highest BCUT2D eigenvalue weighted by Crippen LogP contribution is 2.21. The molecule has 0 saturated heterocycles. The molecule has 0 fully saturated rings. The van der Waals surface area contributed by atoms with Gasteiger partial charge < -0.3 is 11.2 Å². The van der Waals surface area contributed by atoms with Crippen LogP contribution < -0.4 is 11.2 Å². The average Bonchev–Trinajstić information content (AvgIpc) is 3.01. The maximum absolute atomic E-state index is 12.1. The van der Waals surface area contributed by atoms with Crippen molar-refractivity contribution in [3.05, 3.63) is 60.2 Å². The van der Waals surface area contributed by atoms with E-state index in [1.807, 2.05) is 30.3 Å². The van der Waals surface area contributed by atoms with Crippen molar-refractivity contribution >= 4 is 29.1 Å². The number of nitrogen functional groups attached to an aromatic ring is 1. The number of amides is 1. The molecule has 0 bridgehead atoms. The summed E-state index contributed by atoms with van der Waals surface area (Å²) < 4.78 is 1.36. The number of anilines is 1. The van der Waals surface area contributed by atoms with Crippen LogP contribution in [0.3, 0.4) is 0 Å². The average molecular weight is 367 g/mol. The fourth-order valence-electron chi connectivity index (χ4n) is 2.30. The Balaban J connectivity index is 1.63. The molecule has 1 amide bonds. The van der Waals surface area contributed by atoms with Gasteiger partial charge in [-0.2, -0.15) is 0 Å². The number of hydrogen-bond donors (Lipinski definition) is 2. The number of aromatic nitrogens is 3. The second-order valence-electron chi connectivity index (χ2n) is 5.52. The van der Waals surface area contributed by atoms with Crippen molar-refractivity contribution in [2.24, 2.45) is 0 Å². The van der Waals surface area contributed by atoms with E-state index in [0.717, 1.165) is 5.56 Å². The van der Waals surface area contributed by atoms with E-state index >= 15 is 0 Å². The number of carbonyl (C=O) groups is 2. The van der Waals surface area contributed by atoms with Crippen LogP contribution in [0, 0.1) is 0 Å². The summed E-state index contributed by atoms with van der Waals surface area (Å²) in [5.41, 5.74) is 1.96. The highest BCUT2D eigenvalue weighted by atomic mass is 32.2. The SMILES string of the molecule is CC(=O)c1cccc(NC(=O)CSc2nnc(-c3ccccc3)n2N)c1. The summed E-state index contributed by atoms with van der Waals surface area (Å²) in [6.45, 7) is 1.48. The number of benzene rings is 2. The predicted octanol–water partition coefficient (Wildman–Crippen LogP) is 2.59. The first kappa shape index (κ1) is 17.7. The second kappa shape index (κ2) is 7.83. The standard InChI is InChI=1S/C18H17N5O2S/c1-12(24)14-8-5-9-15(10-14)20-16(25)11-26-18-22-21-17(23(18)19)13-6-3-2-4-7-13/h2-10H,11,19H2,1H3,(H,20,25). The zero-order valence-electron chi connectivity index (χ0n) is 14.0. The van der Waals surface area contributed by atoms with Gasteiger partial charge >= 0.3 is 0 Å². The molecule has 1 heterocycles. The number of hydrogen-bond acceptors (Lipinski definition) is 6. The molecule has 0 saturated carbocycles. The normalized spacial score (nSPS) is 10.5. The lowest BCUT2D eigenvalue weighted by Crippen LogP contribution is -2.16. The Morgan fingerprint density at radius 3 is 2.62 bits per heavy atom. The van der Waals surface area contributed by atoms with Gasteiger partial charge in [-0.25, -0.2) is 4.68 Å². The van der Waals surface area contributed by atoms with Gasteiger partial charge in [0.15, 0.2) is 11.6 Å². The highest BCUT2D eigenvalue weighted by molar-refractivity contribution is 7.99. The first-order valence-corrected chi connectivity index (χ1v) is 8.82. The zero-order chi connectivity index (χ0) is 18.5. The monoisotopic (exact) mass is 367 g/mol.